The van der Waals surface area contributed by atoms with E-state index in [1.165, 1.54) is 16.6 Å². The van der Waals surface area contributed by atoms with Gasteiger partial charge in [0.05, 0.1) is 29.3 Å². The van der Waals surface area contributed by atoms with Crippen molar-refractivity contribution in [1.82, 2.24) is 4.31 Å². The lowest BCUT2D eigenvalue weighted by atomic mass is 10.2. The standard InChI is InChI=1S/C20H19BrClNO4S/c1-14-5-7-17(11-19(14)22)28(24,25)23(13-16-4-3-9-27-16)12-15-6-8-20(26-2)18(21)10-15/h3-11H,12-13H2,1-2H3. The van der Waals surface area contributed by atoms with Crippen molar-refractivity contribution < 1.29 is 17.6 Å². The molecule has 0 atom stereocenters. The molecule has 2 aromatic carbocycles. The molecule has 8 heteroatoms. The average molecular weight is 485 g/mol. The van der Waals surface area contributed by atoms with Crippen LogP contribution in [0.3, 0.4) is 0 Å². The van der Waals surface area contributed by atoms with Gasteiger partial charge in [0.25, 0.3) is 0 Å². The summed E-state index contributed by atoms with van der Waals surface area (Å²) in [6, 6.07) is 13.7. The lowest BCUT2D eigenvalue weighted by Gasteiger charge is -2.22. The Morgan fingerprint density at radius 3 is 2.54 bits per heavy atom. The monoisotopic (exact) mass is 483 g/mol. The summed E-state index contributed by atoms with van der Waals surface area (Å²) in [4.78, 5) is 0.141. The van der Waals surface area contributed by atoms with Crippen molar-refractivity contribution in [1.29, 1.82) is 0 Å². The van der Waals surface area contributed by atoms with Crippen LogP contribution in [0.25, 0.3) is 0 Å². The summed E-state index contributed by atoms with van der Waals surface area (Å²) < 4.78 is 39.4. The van der Waals surface area contributed by atoms with E-state index in [0.717, 1.165) is 15.6 Å². The molecule has 0 saturated carbocycles. The molecule has 0 spiro atoms. The average Bonchev–Trinajstić information content (AvgIpc) is 3.16. The van der Waals surface area contributed by atoms with Crippen LogP contribution in [0.1, 0.15) is 16.9 Å². The molecular weight excluding hydrogens is 466 g/mol. The van der Waals surface area contributed by atoms with Crippen molar-refractivity contribution in [2.75, 3.05) is 7.11 Å². The van der Waals surface area contributed by atoms with Crippen LogP contribution in [0.2, 0.25) is 5.02 Å². The highest BCUT2D eigenvalue weighted by Crippen LogP contribution is 2.29. The number of benzene rings is 2. The Bertz CT molecular complexity index is 1070. The van der Waals surface area contributed by atoms with Gasteiger partial charge in [-0.1, -0.05) is 23.7 Å². The number of hydrogen-bond acceptors (Lipinski definition) is 4. The predicted molar refractivity (Wildman–Crippen MR) is 112 cm³/mol. The van der Waals surface area contributed by atoms with Gasteiger partial charge in [-0.3, -0.25) is 0 Å². The fourth-order valence-electron chi connectivity index (χ4n) is 2.70. The van der Waals surface area contributed by atoms with E-state index >= 15 is 0 Å². The van der Waals surface area contributed by atoms with Gasteiger partial charge >= 0.3 is 0 Å². The number of ether oxygens (including phenoxy) is 1. The van der Waals surface area contributed by atoms with Crippen LogP contribution in [-0.4, -0.2) is 19.8 Å². The Morgan fingerprint density at radius 2 is 1.93 bits per heavy atom. The maximum Gasteiger partial charge on any atom is 0.243 e. The minimum atomic E-state index is -3.80. The van der Waals surface area contributed by atoms with Crippen LogP contribution in [0.5, 0.6) is 5.75 Å². The third-order valence-corrected chi connectivity index (χ3v) is 7.08. The van der Waals surface area contributed by atoms with Gasteiger partial charge in [0.15, 0.2) is 0 Å². The number of hydrogen-bond donors (Lipinski definition) is 0. The van der Waals surface area contributed by atoms with Crippen molar-refractivity contribution in [3.63, 3.8) is 0 Å². The van der Waals surface area contributed by atoms with E-state index in [4.69, 9.17) is 20.8 Å². The number of nitrogens with zero attached hydrogens (tertiary/aromatic N) is 1. The minimum Gasteiger partial charge on any atom is -0.496 e. The third-order valence-electron chi connectivity index (χ3n) is 4.27. The molecule has 0 aliphatic heterocycles. The molecule has 0 saturated heterocycles. The maximum atomic E-state index is 13.3. The van der Waals surface area contributed by atoms with Gasteiger partial charge in [0.2, 0.25) is 10.0 Å². The van der Waals surface area contributed by atoms with Gasteiger partial charge in [-0.25, -0.2) is 8.42 Å². The Balaban J connectivity index is 1.98. The van der Waals surface area contributed by atoms with Crippen molar-refractivity contribution in [2.45, 2.75) is 24.9 Å². The number of halogens is 2. The second kappa shape index (κ2) is 8.69. The molecule has 0 fully saturated rings. The van der Waals surface area contributed by atoms with Crippen molar-refractivity contribution >= 4 is 37.6 Å². The summed E-state index contributed by atoms with van der Waals surface area (Å²) in [5, 5.41) is 0.409. The van der Waals surface area contributed by atoms with Crippen LogP contribution < -0.4 is 4.74 Å². The summed E-state index contributed by atoms with van der Waals surface area (Å²) >= 11 is 9.60. The molecule has 1 aromatic heterocycles. The first-order chi connectivity index (χ1) is 13.3. The van der Waals surface area contributed by atoms with Gasteiger partial charge in [-0.05, 0) is 70.4 Å². The number of furan rings is 1. The van der Waals surface area contributed by atoms with Crippen LogP contribution in [-0.2, 0) is 23.1 Å². The van der Waals surface area contributed by atoms with Crippen LogP contribution in [0, 0.1) is 6.92 Å². The first-order valence-corrected chi connectivity index (χ1v) is 11.0. The molecule has 0 bridgehead atoms. The Hall–Kier alpha value is -1.80. The van der Waals surface area contributed by atoms with Crippen molar-refractivity contribution in [2.24, 2.45) is 0 Å². The maximum absolute atomic E-state index is 13.3. The van der Waals surface area contributed by atoms with E-state index in [1.807, 2.05) is 19.1 Å². The van der Waals surface area contributed by atoms with Gasteiger partial charge in [0, 0.05) is 11.6 Å². The molecule has 3 aromatic rings. The number of methoxy groups -OCH3 is 1. The molecule has 0 unspecified atom stereocenters. The Labute approximate surface area is 178 Å². The Kier molecular flexibility index (Phi) is 6.50. The molecular formula is C20H19BrClNO4S. The number of sulfonamides is 1. The normalized spacial score (nSPS) is 11.8. The van der Waals surface area contributed by atoms with Crippen LogP contribution in [0.4, 0.5) is 0 Å². The smallest absolute Gasteiger partial charge is 0.243 e. The molecule has 0 aliphatic carbocycles. The molecule has 0 aliphatic rings. The van der Waals surface area contributed by atoms with E-state index < -0.39 is 10.0 Å². The second-order valence-electron chi connectivity index (χ2n) is 6.23. The zero-order valence-corrected chi connectivity index (χ0v) is 18.5. The van der Waals surface area contributed by atoms with E-state index in [0.29, 0.717) is 16.5 Å². The molecule has 28 heavy (non-hydrogen) atoms. The van der Waals surface area contributed by atoms with E-state index in [9.17, 15) is 8.42 Å². The molecule has 1 heterocycles. The largest absolute Gasteiger partial charge is 0.496 e. The second-order valence-corrected chi connectivity index (χ2v) is 9.43. The Morgan fingerprint density at radius 1 is 1.14 bits per heavy atom. The summed E-state index contributed by atoms with van der Waals surface area (Å²) in [6.45, 7) is 2.09. The van der Waals surface area contributed by atoms with Crippen molar-refractivity contribution in [3.05, 3.63) is 81.2 Å². The number of aryl methyl sites for hydroxylation is 1. The fourth-order valence-corrected chi connectivity index (χ4v) is 4.95. The van der Waals surface area contributed by atoms with Gasteiger partial charge < -0.3 is 9.15 Å². The molecule has 5 nitrogen and oxygen atoms in total. The zero-order valence-electron chi connectivity index (χ0n) is 15.4. The highest BCUT2D eigenvalue weighted by atomic mass is 79.9. The first-order valence-electron chi connectivity index (χ1n) is 8.42. The minimum absolute atomic E-state index is 0.102. The summed E-state index contributed by atoms with van der Waals surface area (Å²) in [5.74, 6) is 1.23. The third kappa shape index (κ3) is 4.60. The lowest BCUT2D eigenvalue weighted by molar-refractivity contribution is 0.358. The molecule has 3 rings (SSSR count). The summed E-state index contributed by atoms with van der Waals surface area (Å²) in [6.07, 6.45) is 1.52. The predicted octanol–water partition coefficient (Wildman–Crippen LogP) is 5.40. The SMILES string of the molecule is COc1ccc(CN(Cc2ccco2)S(=O)(=O)c2ccc(C)c(Cl)c2)cc1Br. The zero-order chi connectivity index (χ0) is 20.3. The highest BCUT2D eigenvalue weighted by molar-refractivity contribution is 9.10. The quantitative estimate of drug-likeness (QED) is 0.450. The van der Waals surface area contributed by atoms with E-state index in [-0.39, 0.29) is 18.0 Å². The van der Waals surface area contributed by atoms with Crippen molar-refractivity contribution in [3.8, 4) is 5.75 Å². The molecule has 148 valence electrons. The van der Waals surface area contributed by atoms with E-state index in [1.54, 1.807) is 37.4 Å². The van der Waals surface area contributed by atoms with Gasteiger partial charge in [-0.2, -0.15) is 4.31 Å². The van der Waals surface area contributed by atoms with Crippen LogP contribution >= 0.6 is 27.5 Å². The van der Waals surface area contributed by atoms with Crippen LogP contribution in [0.15, 0.2) is 68.6 Å². The molecule has 0 amide bonds. The highest BCUT2D eigenvalue weighted by Gasteiger charge is 2.26. The summed E-state index contributed by atoms with van der Waals surface area (Å²) in [5.41, 5.74) is 1.62. The number of rotatable bonds is 7. The lowest BCUT2D eigenvalue weighted by Crippen LogP contribution is -2.30. The van der Waals surface area contributed by atoms with Gasteiger partial charge in [-0.15, -0.1) is 0 Å². The van der Waals surface area contributed by atoms with Gasteiger partial charge in [0.1, 0.15) is 11.5 Å². The topological polar surface area (TPSA) is 59.8 Å². The molecule has 0 N–H and O–H groups in total. The molecule has 0 radical (unpaired) electrons. The summed E-state index contributed by atoms with van der Waals surface area (Å²) in [7, 11) is -2.22. The fraction of sp³-hybridized carbons (Fsp3) is 0.200. The first kappa shape index (κ1) is 20.9. The van der Waals surface area contributed by atoms with E-state index in [2.05, 4.69) is 15.9 Å².